The van der Waals surface area contributed by atoms with Crippen molar-refractivity contribution in [3.8, 4) is 56.3 Å². The Morgan fingerprint density at radius 3 is 1.30 bits per heavy atom. The number of benzene rings is 5. The summed E-state index contributed by atoms with van der Waals surface area (Å²) in [6, 6.07) is 57.1. The highest BCUT2D eigenvalue weighted by Gasteiger charge is 2.20. The summed E-state index contributed by atoms with van der Waals surface area (Å²) in [6.45, 7) is 0. The van der Waals surface area contributed by atoms with E-state index in [1.807, 2.05) is 0 Å². The van der Waals surface area contributed by atoms with Crippen LogP contribution >= 0.6 is 0 Å². The van der Waals surface area contributed by atoms with Crippen LogP contribution in [0.1, 0.15) is 45.4 Å². The third-order valence-electron chi connectivity index (χ3n) is 11.5. The Morgan fingerprint density at radius 1 is 0.393 bits per heavy atom. The molecule has 8 bridgehead atoms. The first-order valence-corrected chi connectivity index (χ1v) is 20.6. The van der Waals surface area contributed by atoms with Crippen molar-refractivity contribution < 1.29 is 0 Å². The largest absolute Gasteiger partial charge is 0.354 e. The summed E-state index contributed by atoms with van der Waals surface area (Å²) in [7, 11) is 0. The van der Waals surface area contributed by atoms with Gasteiger partial charge in [0.15, 0.2) is 0 Å². The average molecular weight is 779 g/mol. The topological polar surface area (TPSA) is 57.4 Å². The van der Waals surface area contributed by atoms with Gasteiger partial charge in [-0.1, -0.05) is 170 Å². The molecule has 4 nitrogen and oxygen atoms in total. The monoisotopic (exact) mass is 778 g/mol. The number of fused-ring (bicyclic) bond motifs is 8. The van der Waals surface area contributed by atoms with E-state index in [2.05, 4.69) is 234 Å². The molecule has 2 aliphatic heterocycles. The molecule has 0 unspecified atom stereocenters. The number of hydrogen-bond donors (Lipinski definition) is 2. The minimum atomic E-state index is 0.299. The molecule has 0 saturated heterocycles. The van der Waals surface area contributed by atoms with Gasteiger partial charge in [0.05, 0.1) is 33.9 Å². The molecule has 8 aromatic rings. The minimum Gasteiger partial charge on any atom is -0.354 e. The zero-order valence-corrected chi connectivity index (χ0v) is 33.2. The summed E-state index contributed by atoms with van der Waals surface area (Å²) < 4.78 is 0. The first kappa shape index (κ1) is 35.9. The van der Waals surface area contributed by atoms with Crippen LogP contribution in [0, 0.1) is 11.8 Å². The van der Waals surface area contributed by atoms with Crippen molar-refractivity contribution >= 4 is 46.4 Å². The number of nitrogens with zero attached hydrogens (tertiary/aromatic N) is 2. The Bertz CT molecular complexity index is 3310. The number of nitrogens with one attached hydrogen (secondary N) is 2. The van der Waals surface area contributed by atoms with E-state index in [1.54, 1.807) is 0 Å². The maximum Gasteiger partial charge on any atom is 0.0737 e. The molecule has 2 N–H and O–H groups in total. The summed E-state index contributed by atoms with van der Waals surface area (Å²) in [5, 5.41) is 0. The van der Waals surface area contributed by atoms with Crippen LogP contribution < -0.4 is 0 Å². The van der Waals surface area contributed by atoms with E-state index in [4.69, 9.17) is 9.97 Å². The number of hydrogen-bond acceptors (Lipinski definition) is 2. The Kier molecular flexibility index (Phi) is 9.11. The fraction of sp³-hybridized carbons (Fsp3) is 0.0175. The molecule has 0 spiro atoms. The molecule has 61 heavy (non-hydrogen) atoms. The van der Waals surface area contributed by atoms with Gasteiger partial charge in [0.1, 0.15) is 0 Å². The van der Waals surface area contributed by atoms with Crippen LogP contribution in [0.3, 0.4) is 0 Å². The highest BCUT2D eigenvalue weighted by molar-refractivity contribution is 6.01. The molecule has 3 aliphatic rings. The van der Waals surface area contributed by atoms with Crippen LogP contribution in [0.4, 0.5) is 0 Å². The summed E-state index contributed by atoms with van der Waals surface area (Å²) in [5.74, 6) is 7.46. The Morgan fingerprint density at radius 2 is 0.820 bits per heavy atom. The maximum absolute atomic E-state index is 5.50. The van der Waals surface area contributed by atoms with Crippen LogP contribution in [0.2, 0.25) is 0 Å². The standard InChI is InChI=1S/C57H38N4/c1-5-17-41(18-6-1)53-46-31-32-47(58-46)54(42-19-7-2-8-20-42)49-35-36-51(60-49)56(44-23-11-4-12-24-44)57-45(30-27-38-25-28-40(29-26-38)39-15-13-14-16-39)37-52(61-57)55(43-21-9-3-10-22-43)50-34-33-48(53)59-50/h1-26,28-29,31-37,39,58,61H. The zero-order chi connectivity index (χ0) is 40.5. The smallest absolute Gasteiger partial charge is 0.0737 e. The Balaban J connectivity index is 1.28. The second-order valence-electron chi connectivity index (χ2n) is 15.3. The molecule has 0 saturated carbocycles. The van der Waals surface area contributed by atoms with Crippen molar-refractivity contribution in [3.63, 3.8) is 0 Å². The first-order chi connectivity index (χ1) is 30.2. The van der Waals surface area contributed by atoms with E-state index in [0.29, 0.717) is 5.92 Å². The summed E-state index contributed by atoms with van der Waals surface area (Å²) >= 11 is 0. The van der Waals surface area contributed by atoms with Gasteiger partial charge in [-0.25, -0.2) is 9.97 Å². The van der Waals surface area contributed by atoms with E-state index in [-0.39, 0.29) is 0 Å². The van der Waals surface area contributed by atoms with E-state index < -0.39 is 0 Å². The number of aromatic nitrogens is 4. The van der Waals surface area contributed by atoms with Crippen LogP contribution in [-0.2, 0) is 0 Å². The number of rotatable bonds is 5. The molecule has 0 radical (unpaired) electrons. The highest BCUT2D eigenvalue weighted by atomic mass is 14.8. The van der Waals surface area contributed by atoms with Gasteiger partial charge in [-0.05, 0) is 82.5 Å². The van der Waals surface area contributed by atoms with E-state index in [1.165, 1.54) is 5.56 Å². The van der Waals surface area contributed by atoms with Crippen molar-refractivity contribution in [1.82, 2.24) is 19.9 Å². The molecule has 0 atom stereocenters. The molecule has 1 aliphatic carbocycles. The van der Waals surface area contributed by atoms with Gasteiger partial charge < -0.3 is 9.97 Å². The lowest BCUT2D eigenvalue weighted by molar-refractivity contribution is 1.10. The van der Waals surface area contributed by atoms with Crippen molar-refractivity contribution in [2.45, 2.75) is 5.92 Å². The fourth-order valence-corrected chi connectivity index (χ4v) is 8.60. The normalized spacial score (nSPS) is 12.8. The molecule has 5 aromatic carbocycles. The highest BCUT2D eigenvalue weighted by Crippen LogP contribution is 2.39. The molecule has 5 heterocycles. The predicted molar refractivity (Wildman–Crippen MR) is 254 cm³/mol. The molecule has 286 valence electrons. The lowest BCUT2D eigenvalue weighted by atomic mass is 9.99. The van der Waals surface area contributed by atoms with Gasteiger partial charge in [0, 0.05) is 50.3 Å². The van der Waals surface area contributed by atoms with Gasteiger partial charge >= 0.3 is 0 Å². The summed E-state index contributed by atoms with van der Waals surface area (Å²) in [5.41, 5.74) is 18.5. The zero-order valence-electron chi connectivity index (χ0n) is 33.2. The molecule has 11 rings (SSSR count). The van der Waals surface area contributed by atoms with Gasteiger partial charge in [-0.3, -0.25) is 0 Å². The molecule has 0 fully saturated rings. The third kappa shape index (κ3) is 6.85. The van der Waals surface area contributed by atoms with Gasteiger partial charge in [-0.2, -0.15) is 0 Å². The second-order valence-corrected chi connectivity index (χ2v) is 15.3. The molecule has 4 heteroatoms. The van der Waals surface area contributed by atoms with Crippen LogP contribution in [-0.4, -0.2) is 19.9 Å². The quantitative estimate of drug-likeness (QED) is 0.171. The predicted octanol–water partition coefficient (Wildman–Crippen LogP) is 13.9. The average Bonchev–Trinajstić information content (AvgIpc) is 4.19. The Hall–Kier alpha value is -8.26. The molecular formula is C57H38N4. The molecular weight excluding hydrogens is 741 g/mol. The minimum absolute atomic E-state index is 0.299. The summed E-state index contributed by atoms with van der Waals surface area (Å²) in [4.78, 5) is 18.7. The number of H-pyrrole nitrogens is 2. The van der Waals surface area contributed by atoms with E-state index in [9.17, 15) is 0 Å². The van der Waals surface area contributed by atoms with Crippen molar-refractivity contribution in [2.75, 3.05) is 0 Å². The van der Waals surface area contributed by atoms with E-state index >= 15 is 0 Å². The van der Waals surface area contributed by atoms with Crippen LogP contribution in [0.25, 0.3) is 90.9 Å². The van der Waals surface area contributed by atoms with Crippen LogP contribution in [0.5, 0.6) is 0 Å². The van der Waals surface area contributed by atoms with Gasteiger partial charge in [0.2, 0.25) is 0 Å². The van der Waals surface area contributed by atoms with E-state index in [0.717, 1.165) is 100 Å². The molecule has 0 amide bonds. The lowest BCUT2D eigenvalue weighted by Gasteiger charge is -2.07. The first-order valence-electron chi connectivity index (χ1n) is 20.6. The number of allylic oxidation sites excluding steroid dienone is 4. The second kappa shape index (κ2) is 15.5. The summed E-state index contributed by atoms with van der Waals surface area (Å²) in [6.07, 6.45) is 17.2. The number of aromatic amines is 2. The SMILES string of the molecule is C(#Cc1cc2[nH]c1c(-c1ccccc1)c1nc(c(-c3ccccc3)c3ccc([nH]3)c(-c3ccccc3)c3nc(c2-c2ccccc2)C=C3)C=C1)c1ccc(C2C=CC=C2)cc1. The maximum atomic E-state index is 5.50. The van der Waals surface area contributed by atoms with Crippen molar-refractivity contribution in [3.05, 3.63) is 228 Å². The lowest BCUT2D eigenvalue weighted by Crippen LogP contribution is -1.90. The van der Waals surface area contributed by atoms with Crippen molar-refractivity contribution in [1.29, 1.82) is 0 Å². The molecule has 3 aromatic heterocycles. The van der Waals surface area contributed by atoms with Crippen molar-refractivity contribution in [2.24, 2.45) is 0 Å². The van der Waals surface area contributed by atoms with Gasteiger partial charge in [-0.15, -0.1) is 0 Å². The van der Waals surface area contributed by atoms with Gasteiger partial charge in [0.25, 0.3) is 0 Å². The Labute approximate surface area is 354 Å². The van der Waals surface area contributed by atoms with Crippen LogP contribution in [0.15, 0.2) is 188 Å². The third-order valence-corrected chi connectivity index (χ3v) is 11.5. The fourth-order valence-electron chi connectivity index (χ4n) is 8.60.